The van der Waals surface area contributed by atoms with E-state index in [2.05, 4.69) is 44.0 Å². The van der Waals surface area contributed by atoms with Crippen molar-refractivity contribution < 1.29 is 4.74 Å². The molecule has 0 unspecified atom stereocenters. The van der Waals surface area contributed by atoms with E-state index in [1.807, 2.05) is 42.5 Å². The number of pyridine rings is 1. The molecule has 8 heteroatoms. The van der Waals surface area contributed by atoms with E-state index in [0.29, 0.717) is 24.9 Å². The van der Waals surface area contributed by atoms with E-state index >= 15 is 0 Å². The molecular formula is C21H23N7O. The van der Waals surface area contributed by atoms with E-state index in [9.17, 15) is 0 Å². The number of rotatable bonds is 8. The van der Waals surface area contributed by atoms with E-state index in [-0.39, 0.29) is 6.04 Å². The van der Waals surface area contributed by atoms with Gasteiger partial charge in [-0.3, -0.25) is 9.55 Å². The highest BCUT2D eigenvalue weighted by molar-refractivity contribution is 5.86. The quantitative estimate of drug-likeness (QED) is 0.440. The average Bonchev–Trinajstić information content (AvgIpc) is 3.11. The lowest BCUT2D eigenvalue weighted by atomic mass is 10.3. The Labute approximate surface area is 169 Å². The van der Waals surface area contributed by atoms with Crippen molar-refractivity contribution in [3.63, 3.8) is 0 Å². The zero-order chi connectivity index (χ0) is 20.1. The molecule has 4 rings (SSSR count). The van der Waals surface area contributed by atoms with Crippen molar-refractivity contribution in [1.82, 2.24) is 24.5 Å². The molecule has 0 aliphatic heterocycles. The van der Waals surface area contributed by atoms with Crippen LogP contribution in [0.2, 0.25) is 0 Å². The molecule has 0 aliphatic carbocycles. The third kappa shape index (κ3) is 4.26. The van der Waals surface area contributed by atoms with Gasteiger partial charge in [0.2, 0.25) is 5.95 Å². The molecule has 1 aromatic carbocycles. The molecule has 148 valence electrons. The topological polar surface area (TPSA) is 89.8 Å². The Morgan fingerprint density at radius 2 is 1.83 bits per heavy atom. The molecule has 0 fully saturated rings. The van der Waals surface area contributed by atoms with E-state index < -0.39 is 0 Å². The summed E-state index contributed by atoms with van der Waals surface area (Å²) in [5.41, 5.74) is 2.41. The number of hydrogen-bond acceptors (Lipinski definition) is 7. The van der Waals surface area contributed by atoms with Gasteiger partial charge in [0, 0.05) is 24.1 Å². The molecule has 0 saturated heterocycles. The predicted octanol–water partition coefficient (Wildman–Crippen LogP) is 4.04. The second-order valence-corrected chi connectivity index (χ2v) is 6.74. The van der Waals surface area contributed by atoms with Crippen molar-refractivity contribution in [2.75, 3.05) is 23.8 Å². The van der Waals surface area contributed by atoms with Crippen molar-refractivity contribution in [3.8, 4) is 5.75 Å². The molecule has 2 N–H and O–H groups in total. The maximum atomic E-state index is 5.74. The van der Waals surface area contributed by atoms with E-state index in [4.69, 9.17) is 9.72 Å². The van der Waals surface area contributed by atoms with Crippen LogP contribution in [0.4, 0.5) is 17.5 Å². The maximum absolute atomic E-state index is 5.74. The fourth-order valence-electron chi connectivity index (χ4n) is 3.03. The minimum absolute atomic E-state index is 0.175. The zero-order valence-corrected chi connectivity index (χ0v) is 16.4. The highest BCUT2D eigenvalue weighted by Gasteiger charge is 2.18. The van der Waals surface area contributed by atoms with Crippen molar-refractivity contribution in [2.45, 2.75) is 19.9 Å². The molecule has 4 aromatic rings. The van der Waals surface area contributed by atoms with E-state index in [0.717, 1.165) is 22.6 Å². The number of anilines is 3. The number of aromatic nitrogens is 5. The van der Waals surface area contributed by atoms with Gasteiger partial charge in [-0.1, -0.05) is 18.2 Å². The highest BCUT2D eigenvalue weighted by Crippen LogP contribution is 2.28. The van der Waals surface area contributed by atoms with Gasteiger partial charge in [-0.25, -0.2) is 15.0 Å². The molecule has 0 aliphatic rings. The van der Waals surface area contributed by atoms with Gasteiger partial charge in [0.05, 0.1) is 6.54 Å². The van der Waals surface area contributed by atoms with Crippen molar-refractivity contribution in [3.05, 3.63) is 61.2 Å². The highest BCUT2D eigenvalue weighted by atomic mass is 16.5. The van der Waals surface area contributed by atoms with Gasteiger partial charge in [-0.15, -0.1) is 0 Å². The third-order valence-electron chi connectivity index (χ3n) is 4.34. The first-order valence-electron chi connectivity index (χ1n) is 9.54. The lowest BCUT2D eigenvalue weighted by Gasteiger charge is -2.13. The first-order valence-corrected chi connectivity index (χ1v) is 9.54. The second-order valence-electron chi connectivity index (χ2n) is 6.74. The molecule has 0 atom stereocenters. The second kappa shape index (κ2) is 8.55. The average molecular weight is 389 g/mol. The first-order chi connectivity index (χ1) is 14.2. The summed E-state index contributed by atoms with van der Waals surface area (Å²) in [4.78, 5) is 17.7. The predicted molar refractivity (Wildman–Crippen MR) is 114 cm³/mol. The molecular weight excluding hydrogens is 366 g/mol. The van der Waals surface area contributed by atoms with Crippen molar-refractivity contribution >= 4 is 28.6 Å². The Kier molecular flexibility index (Phi) is 5.51. The minimum Gasteiger partial charge on any atom is -0.492 e. The molecule has 0 radical (unpaired) electrons. The Hall–Kier alpha value is -3.68. The molecule has 0 spiro atoms. The summed E-state index contributed by atoms with van der Waals surface area (Å²) < 4.78 is 7.79. The standard InChI is InChI=1S/C21H23N7O/c1-15(2)28-20-18(27-21(28)26-16-8-10-22-11-9-16)19(24-14-25-20)23-12-13-29-17-6-4-3-5-7-17/h3-11,14-15H,12-13H2,1-2H3,(H,22,26,27)(H,23,24,25). The van der Waals surface area contributed by atoms with Crippen LogP contribution in [0.3, 0.4) is 0 Å². The molecule has 0 amide bonds. The summed E-state index contributed by atoms with van der Waals surface area (Å²) in [7, 11) is 0. The van der Waals surface area contributed by atoms with Crippen molar-refractivity contribution in [2.24, 2.45) is 0 Å². The van der Waals surface area contributed by atoms with Crippen LogP contribution in [0.15, 0.2) is 61.2 Å². The Morgan fingerprint density at radius 1 is 1.03 bits per heavy atom. The number of ether oxygens (including phenoxy) is 1. The Balaban J connectivity index is 1.54. The number of benzene rings is 1. The van der Waals surface area contributed by atoms with Gasteiger partial charge in [-0.05, 0) is 38.1 Å². The SMILES string of the molecule is CC(C)n1c(Nc2ccncc2)nc2c(NCCOc3ccccc3)ncnc21. The zero-order valence-electron chi connectivity index (χ0n) is 16.4. The van der Waals surface area contributed by atoms with E-state index in [1.54, 1.807) is 18.7 Å². The lowest BCUT2D eigenvalue weighted by molar-refractivity contribution is 0.333. The molecule has 0 saturated carbocycles. The number of nitrogens with zero attached hydrogens (tertiary/aromatic N) is 5. The van der Waals surface area contributed by atoms with Crippen LogP contribution in [0.1, 0.15) is 19.9 Å². The fraction of sp³-hybridized carbons (Fsp3) is 0.238. The monoisotopic (exact) mass is 389 g/mol. The lowest BCUT2D eigenvalue weighted by Crippen LogP contribution is -2.13. The number of hydrogen-bond donors (Lipinski definition) is 2. The number of nitrogens with one attached hydrogen (secondary N) is 2. The minimum atomic E-state index is 0.175. The van der Waals surface area contributed by atoms with Gasteiger partial charge in [-0.2, -0.15) is 0 Å². The van der Waals surface area contributed by atoms with Crippen LogP contribution < -0.4 is 15.4 Å². The van der Waals surface area contributed by atoms with Crippen LogP contribution in [0, 0.1) is 0 Å². The fourth-order valence-corrected chi connectivity index (χ4v) is 3.03. The number of para-hydroxylation sites is 1. The summed E-state index contributed by atoms with van der Waals surface area (Å²) in [5, 5.41) is 6.66. The largest absolute Gasteiger partial charge is 0.492 e. The summed E-state index contributed by atoms with van der Waals surface area (Å²) in [6.45, 7) is 5.31. The maximum Gasteiger partial charge on any atom is 0.210 e. The Morgan fingerprint density at radius 3 is 2.59 bits per heavy atom. The van der Waals surface area contributed by atoms with Crippen LogP contribution >= 0.6 is 0 Å². The van der Waals surface area contributed by atoms with Gasteiger partial charge in [0.1, 0.15) is 18.7 Å². The first kappa shape index (κ1) is 18.7. The number of fused-ring (bicyclic) bond motifs is 1. The van der Waals surface area contributed by atoms with Crippen LogP contribution in [0.25, 0.3) is 11.2 Å². The van der Waals surface area contributed by atoms with Crippen LogP contribution in [0.5, 0.6) is 5.75 Å². The summed E-state index contributed by atoms with van der Waals surface area (Å²) in [6.07, 6.45) is 5.04. The van der Waals surface area contributed by atoms with Crippen LogP contribution in [-0.4, -0.2) is 37.7 Å². The van der Waals surface area contributed by atoms with Crippen molar-refractivity contribution in [1.29, 1.82) is 0 Å². The van der Waals surface area contributed by atoms with Gasteiger partial charge in [0.15, 0.2) is 17.0 Å². The molecule has 3 heterocycles. The van der Waals surface area contributed by atoms with Crippen LogP contribution in [-0.2, 0) is 0 Å². The number of imidazole rings is 1. The van der Waals surface area contributed by atoms with Gasteiger partial charge < -0.3 is 15.4 Å². The molecule has 0 bridgehead atoms. The van der Waals surface area contributed by atoms with Gasteiger partial charge >= 0.3 is 0 Å². The van der Waals surface area contributed by atoms with Gasteiger partial charge in [0.25, 0.3) is 0 Å². The summed E-state index contributed by atoms with van der Waals surface area (Å²) in [6, 6.07) is 13.7. The summed E-state index contributed by atoms with van der Waals surface area (Å²) in [5.74, 6) is 2.24. The summed E-state index contributed by atoms with van der Waals surface area (Å²) >= 11 is 0. The van der Waals surface area contributed by atoms with E-state index in [1.165, 1.54) is 0 Å². The molecule has 3 aromatic heterocycles. The third-order valence-corrected chi connectivity index (χ3v) is 4.34. The normalized spacial score (nSPS) is 11.0. The molecule has 29 heavy (non-hydrogen) atoms. The Bertz CT molecular complexity index is 1060. The molecule has 8 nitrogen and oxygen atoms in total. The smallest absolute Gasteiger partial charge is 0.210 e.